The number of hydrogen-bond acceptors (Lipinski definition) is 5. The average molecular weight is 284 g/mol. The van der Waals surface area contributed by atoms with Gasteiger partial charge in [0.15, 0.2) is 5.41 Å². The summed E-state index contributed by atoms with van der Waals surface area (Å²) >= 11 is 0. The minimum absolute atomic E-state index is 0.0417. The van der Waals surface area contributed by atoms with Crippen LogP contribution in [0, 0.1) is 16.7 Å². The first kappa shape index (κ1) is 18.4. The fraction of sp³-hybridized carbons (Fsp3) is 0.786. The number of amides is 1. The molecule has 6 heteroatoms. The predicted octanol–water partition coefficient (Wildman–Crippen LogP) is 1.35. The second kappa shape index (κ2) is 7.85. The summed E-state index contributed by atoms with van der Waals surface area (Å²) in [6.45, 7) is 8.59. The molecule has 1 saturated heterocycles. The molecule has 1 amide bonds. The van der Waals surface area contributed by atoms with Gasteiger partial charge < -0.3 is 14.4 Å². The maximum Gasteiger partial charge on any atom is 0.328 e. The zero-order chi connectivity index (χ0) is 15.8. The monoisotopic (exact) mass is 284 g/mol. The van der Waals surface area contributed by atoms with Gasteiger partial charge in [-0.15, -0.1) is 0 Å². The molecule has 114 valence electrons. The number of esters is 1. The number of carbonyl (C=O) groups excluding carboxylic acids is 2. The lowest BCUT2D eigenvalue weighted by molar-refractivity contribution is -0.151. The zero-order valence-electron chi connectivity index (χ0n) is 12.9. The van der Waals surface area contributed by atoms with Gasteiger partial charge in [0.05, 0.1) is 18.3 Å². The van der Waals surface area contributed by atoms with Gasteiger partial charge in [-0.2, -0.15) is 5.26 Å². The number of hydrogen-bond donors (Lipinski definition) is 0. The summed E-state index contributed by atoms with van der Waals surface area (Å²) in [6, 6.07) is 1.95. The van der Waals surface area contributed by atoms with E-state index in [-0.39, 0.29) is 18.8 Å². The first-order valence-electron chi connectivity index (χ1n) is 6.57. The van der Waals surface area contributed by atoms with Gasteiger partial charge in [0, 0.05) is 20.2 Å². The molecule has 20 heavy (non-hydrogen) atoms. The molecule has 0 N–H and O–H groups in total. The van der Waals surface area contributed by atoms with E-state index in [0.29, 0.717) is 19.4 Å². The van der Waals surface area contributed by atoms with Crippen LogP contribution in [0.1, 0.15) is 34.1 Å². The van der Waals surface area contributed by atoms with Crippen LogP contribution in [0.15, 0.2) is 0 Å². The van der Waals surface area contributed by atoms with Crippen LogP contribution in [0.5, 0.6) is 0 Å². The van der Waals surface area contributed by atoms with Crippen molar-refractivity contribution in [1.29, 1.82) is 5.26 Å². The molecule has 1 atom stereocenters. The van der Waals surface area contributed by atoms with E-state index < -0.39 is 11.4 Å². The van der Waals surface area contributed by atoms with Crippen molar-refractivity contribution in [3.8, 4) is 6.07 Å². The molecule has 1 fully saturated rings. The molecule has 6 nitrogen and oxygen atoms in total. The number of nitrogens with zero attached hydrogens (tertiary/aromatic N) is 2. The van der Waals surface area contributed by atoms with Crippen LogP contribution in [-0.2, 0) is 19.1 Å². The Bertz CT molecular complexity index is 370. The standard InChI is InChI=1S/C9H12N2O3.C5H12O/c1-2-14-8(13)9(5-10)3-4-11(6-9)7-12;1-5(2,3)6-4/h7H,2-4,6H2,1H3;1-4H3. The second-order valence-corrected chi connectivity index (χ2v) is 5.56. The van der Waals surface area contributed by atoms with Crippen molar-refractivity contribution < 1.29 is 19.1 Å². The summed E-state index contributed by atoms with van der Waals surface area (Å²) in [4.78, 5) is 23.3. The zero-order valence-corrected chi connectivity index (χ0v) is 12.9. The third-order valence-corrected chi connectivity index (χ3v) is 2.94. The van der Waals surface area contributed by atoms with E-state index in [1.165, 1.54) is 4.90 Å². The summed E-state index contributed by atoms with van der Waals surface area (Å²) in [5.41, 5.74) is -1.10. The molecule has 0 bridgehead atoms. The highest BCUT2D eigenvalue weighted by Gasteiger charge is 2.46. The highest BCUT2D eigenvalue weighted by molar-refractivity contribution is 5.81. The Balaban J connectivity index is 0.000000511. The molecule has 0 aromatic rings. The molecule has 0 aromatic heterocycles. The summed E-state index contributed by atoms with van der Waals surface area (Å²) in [5, 5.41) is 8.93. The summed E-state index contributed by atoms with van der Waals surface area (Å²) in [6.07, 6.45) is 1.01. The van der Waals surface area contributed by atoms with Crippen LogP contribution in [0.4, 0.5) is 0 Å². The molecular formula is C14H24N2O4. The van der Waals surface area contributed by atoms with Crippen LogP contribution in [0.3, 0.4) is 0 Å². The van der Waals surface area contributed by atoms with Gasteiger partial charge in [-0.05, 0) is 34.1 Å². The van der Waals surface area contributed by atoms with Gasteiger partial charge >= 0.3 is 5.97 Å². The third-order valence-electron chi connectivity index (χ3n) is 2.94. The van der Waals surface area contributed by atoms with E-state index in [9.17, 15) is 9.59 Å². The Morgan fingerprint density at radius 1 is 1.50 bits per heavy atom. The van der Waals surface area contributed by atoms with Gasteiger partial charge in [-0.25, -0.2) is 0 Å². The molecule has 1 unspecified atom stereocenters. The molecule has 1 aliphatic rings. The molecule has 0 aromatic carbocycles. The Hall–Kier alpha value is -1.61. The van der Waals surface area contributed by atoms with Gasteiger partial charge in [-0.1, -0.05) is 0 Å². The van der Waals surface area contributed by atoms with Crippen LogP contribution in [-0.4, -0.2) is 49.7 Å². The lowest BCUT2D eigenvalue weighted by atomic mass is 9.89. The number of rotatable bonds is 3. The van der Waals surface area contributed by atoms with Crippen molar-refractivity contribution in [2.75, 3.05) is 26.8 Å². The predicted molar refractivity (Wildman–Crippen MR) is 73.7 cm³/mol. The second-order valence-electron chi connectivity index (χ2n) is 5.56. The van der Waals surface area contributed by atoms with Crippen molar-refractivity contribution in [3.63, 3.8) is 0 Å². The highest BCUT2D eigenvalue weighted by atomic mass is 16.5. The average Bonchev–Trinajstić information content (AvgIpc) is 2.84. The van der Waals surface area contributed by atoms with E-state index in [2.05, 4.69) is 0 Å². The van der Waals surface area contributed by atoms with Crippen LogP contribution in [0.25, 0.3) is 0 Å². The summed E-state index contributed by atoms with van der Waals surface area (Å²) in [7, 11) is 1.71. The van der Waals surface area contributed by atoms with Crippen molar-refractivity contribution in [2.24, 2.45) is 5.41 Å². The fourth-order valence-electron chi connectivity index (χ4n) is 1.50. The number of likely N-dealkylation sites (tertiary alicyclic amines) is 1. The lowest BCUT2D eigenvalue weighted by Crippen LogP contribution is -2.34. The maximum absolute atomic E-state index is 11.5. The number of carbonyl (C=O) groups is 2. The van der Waals surface area contributed by atoms with Crippen LogP contribution >= 0.6 is 0 Å². The third kappa shape index (κ3) is 5.57. The van der Waals surface area contributed by atoms with Crippen molar-refractivity contribution in [3.05, 3.63) is 0 Å². The van der Waals surface area contributed by atoms with Crippen LogP contribution in [0.2, 0.25) is 0 Å². The number of methoxy groups -OCH3 is 1. The molecule has 0 radical (unpaired) electrons. The van der Waals surface area contributed by atoms with Crippen molar-refractivity contribution in [1.82, 2.24) is 4.90 Å². The number of nitriles is 1. The van der Waals surface area contributed by atoms with Crippen LogP contribution < -0.4 is 0 Å². The van der Waals surface area contributed by atoms with E-state index in [1.54, 1.807) is 14.0 Å². The molecule has 1 heterocycles. The lowest BCUT2D eigenvalue weighted by Gasteiger charge is -2.17. The van der Waals surface area contributed by atoms with Crippen molar-refractivity contribution in [2.45, 2.75) is 39.7 Å². The Labute approximate surface area is 120 Å². The first-order valence-corrected chi connectivity index (χ1v) is 6.57. The first-order chi connectivity index (χ1) is 9.24. The topological polar surface area (TPSA) is 79.6 Å². The molecule has 0 saturated carbocycles. The Kier molecular flexibility index (Phi) is 7.22. The number of ether oxygens (including phenoxy) is 2. The summed E-state index contributed by atoms with van der Waals surface area (Å²) in [5.74, 6) is -0.521. The van der Waals surface area contributed by atoms with Gasteiger partial charge in [0.2, 0.25) is 6.41 Å². The molecular weight excluding hydrogens is 260 g/mol. The molecule has 1 aliphatic heterocycles. The molecule has 0 aliphatic carbocycles. The van der Waals surface area contributed by atoms with E-state index in [0.717, 1.165) is 0 Å². The minimum atomic E-state index is -1.14. The quantitative estimate of drug-likeness (QED) is 0.577. The molecule has 1 rings (SSSR count). The minimum Gasteiger partial charge on any atom is -0.465 e. The molecule has 0 spiro atoms. The largest absolute Gasteiger partial charge is 0.465 e. The maximum atomic E-state index is 11.5. The summed E-state index contributed by atoms with van der Waals surface area (Å²) < 4.78 is 9.75. The normalized spacial score (nSPS) is 21.5. The van der Waals surface area contributed by atoms with E-state index in [4.69, 9.17) is 14.7 Å². The van der Waals surface area contributed by atoms with Gasteiger partial charge in [0.25, 0.3) is 0 Å². The van der Waals surface area contributed by atoms with Crippen molar-refractivity contribution >= 4 is 12.4 Å². The Morgan fingerprint density at radius 2 is 2.05 bits per heavy atom. The highest BCUT2D eigenvalue weighted by Crippen LogP contribution is 2.30. The fourth-order valence-corrected chi connectivity index (χ4v) is 1.50. The smallest absolute Gasteiger partial charge is 0.328 e. The SMILES string of the molecule is CCOC(=O)C1(C#N)CCN(C=O)C1.COC(C)(C)C. The van der Waals surface area contributed by atoms with E-state index >= 15 is 0 Å². The Morgan fingerprint density at radius 3 is 2.35 bits per heavy atom. The van der Waals surface area contributed by atoms with E-state index in [1.807, 2.05) is 26.8 Å². The van der Waals surface area contributed by atoms with Gasteiger partial charge in [0.1, 0.15) is 0 Å². The van der Waals surface area contributed by atoms with Gasteiger partial charge in [-0.3, -0.25) is 9.59 Å².